The highest BCUT2D eigenvalue weighted by Gasteiger charge is 2.45. The van der Waals surface area contributed by atoms with E-state index in [4.69, 9.17) is 11.6 Å². The highest BCUT2D eigenvalue weighted by Crippen LogP contribution is 2.29. The topological polar surface area (TPSA) is 49.4 Å². The Morgan fingerprint density at radius 3 is 2.55 bits per heavy atom. The van der Waals surface area contributed by atoms with E-state index in [9.17, 15) is 14.0 Å². The minimum atomic E-state index is -0.957. The summed E-state index contributed by atoms with van der Waals surface area (Å²) in [6, 6.07) is 4.06. The molecular weight excluding hydrogens is 283 g/mol. The molecule has 108 valence electrons. The number of nitrogens with zero attached hydrogens (tertiary/aromatic N) is 1. The predicted molar refractivity (Wildman–Crippen MR) is 75.2 cm³/mol. The van der Waals surface area contributed by atoms with E-state index < -0.39 is 11.4 Å². The van der Waals surface area contributed by atoms with Gasteiger partial charge in [0.25, 0.3) is 5.91 Å². The summed E-state index contributed by atoms with van der Waals surface area (Å²) < 4.78 is 14.0. The standard InChI is InChI=1S/C14H16ClFN2O2/c1-3-14(4-2)13(20)18(8-12(19)17-14)11-6-5-9(15)7-10(11)16/h5-7H,3-4,8H2,1-2H3,(H,17,19). The first-order valence-corrected chi connectivity index (χ1v) is 6.89. The Morgan fingerprint density at radius 1 is 1.35 bits per heavy atom. The summed E-state index contributed by atoms with van der Waals surface area (Å²) in [4.78, 5) is 25.6. The fourth-order valence-electron chi connectivity index (χ4n) is 2.46. The molecule has 20 heavy (non-hydrogen) atoms. The van der Waals surface area contributed by atoms with Crippen LogP contribution in [0.15, 0.2) is 18.2 Å². The van der Waals surface area contributed by atoms with Crippen molar-refractivity contribution in [2.45, 2.75) is 32.2 Å². The molecule has 1 heterocycles. The van der Waals surface area contributed by atoms with E-state index in [1.165, 1.54) is 17.0 Å². The van der Waals surface area contributed by atoms with Gasteiger partial charge in [-0.2, -0.15) is 0 Å². The van der Waals surface area contributed by atoms with Gasteiger partial charge in [0.05, 0.1) is 5.69 Å². The molecule has 0 spiro atoms. The summed E-state index contributed by atoms with van der Waals surface area (Å²) in [5.74, 6) is -1.19. The number of hydrogen-bond acceptors (Lipinski definition) is 2. The van der Waals surface area contributed by atoms with Gasteiger partial charge in [0.15, 0.2) is 0 Å². The maximum atomic E-state index is 14.0. The van der Waals surface area contributed by atoms with E-state index in [-0.39, 0.29) is 29.1 Å². The number of rotatable bonds is 3. The first kappa shape index (κ1) is 14.8. The van der Waals surface area contributed by atoms with Gasteiger partial charge in [-0.15, -0.1) is 0 Å². The Balaban J connectivity index is 2.45. The van der Waals surface area contributed by atoms with E-state index in [0.717, 1.165) is 6.07 Å². The summed E-state index contributed by atoms with van der Waals surface area (Å²) in [7, 11) is 0. The molecule has 1 saturated heterocycles. The van der Waals surface area contributed by atoms with Crippen molar-refractivity contribution in [1.82, 2.24) is 5.32 Å². The smallest absolute Gasteiger partial charge is 0.253 e. The Kier molecular flexibility index (Phi) is 3.99. The summed E-state index contributed by atoms with van der Waals surface area (Å²) in [6.45, 7) is 3.46. The number of benzene rings is 1. The molecule has 2 amide bonds. The zero-order valence-corrected chi connectivity index (χ0v) is 12.1. The minimum absolute atomic E-state index is 0.0838. The van der Waals surface area contributed by atoms with Crippen molar-refractivity contribution in [1.29, 1.82) is 0 Å². The summed E-state index contributed by atoms with van der Waals surface area (Å²) in [5, 5.41) is 2.98. The Morgan fingerprint density at radius 2 is 2.00 bits per heavy atom. The predicted octanol–water partition coefficient (Wildman–Crippen LogP) is 2.50. The number of amides is 2. The molecule has 1 fully saturated rings. The Bertz CT molecular complexity index is 558. The van der Waals surface area contributed by atoms with E-state index in [1.807, 2.05) is 13.8 Å². The number of hydrogen-bond donors (Lipinski definition) is 1. The maximum absolute atomic E-state index is 14.0. The lowest BCUT2D eigenvalue weighted by molar-refractivity contribution is -0.136. The van der Waals surface area contributed by atoms with Gasteiger partial charge in [-0.1, -0.05) is 25.4 Å². The van der Waals surface area contributed by atoms with Crippen LogP contribution >= 0.6 is 11.6 Å². The van der Waals surface area contributed by atoms with Crippen LogP contribution in [0.2, 0.25) is 5.02 Å². The molecule has 0 radical (unpaired) electrons. The second kappa shape index (κ2) is 5.40. The molecule has 0 bridgehead atoms. The van der Waals surface area contributed by atoms with Crippen LogP contribution in [0, 0.1) is 5.82 Å². The first-order valence-electron chi connectivity index (χ1n) is 6.51. The van der Waals surface area contributed by atoms with Crippen LogP contribution in [-0.2, 0) is 9.59 Å². The van der Waals surface area contributed by atoms with Crippen molar-refractivity contribution in [2.24, 2.45) is 0 Å². The Hall–Kier alpha value is -1.62. The van der Waals surface area contributed by atoms with Crippen LogP contribution in [-0.4, -0.2) is 23.9 Å². The van der Waals surface area contributed by atoms with Crippen LogP contribution in [0.3, 0.4) is 0 Å². The van der Waals surface area contributed by atoms with Gasteiger partial charge in [0.1, 0.15) is 17.9 Å². The number of piperazine rings is 1. The second-order valence-electron chi connectivity index (χ2n) is 4.82. The van der Waals surface area contributed by atoms with Crippen molar-refractivity contribution >= 4 is 29.1 Å². The van der Waals surface area contributed by atoms with Crippen LogP contribution in [0.25, 0.3) is 0 Å². The molecule has 1 aromatic rings. The lowest BCUT2D eigenvalue weighted by Gasteiger charge is -2.41. The molecule has 0 aliphatic carbocycles. The third kappa shape index (κ3) is 2.38. The van der Waals surface area contributed by atoms with Crippen LogP contribution in [0.1, 0.15) is 26.7 Å². The van der Waals surface area contributed by atoms with Gasteiger partial charge in [-0.3, -0.25) is 14.5 Å². The molecule has 1 aliphatic heterocycles. The van der Waals surface area contributed by atoms with Gasteiger partial charge in [-0.25, -0.2) is 4.39 Å². The highest BCUT2D eigenvalue weighted by molar-refractivity contribution is 6.30. The minimum Gasteiger partial charge on any atom is -0.340 e. The summed E-state index contributed by atoms with van der Waals surface area (Å²) >= 11 is 5.71. The number of nitrogens with one attached hydrogen (secondary N) is 1. The average molecular weight is 299 g/mol. The van der Waals surface area contributed by atoms with Crippen LogP contribution in [0.4, 0.5) is 10.1 Å². The molecule has 1 aromatic carbocycles. The zero-order chi connectivity index (χ0) is 14.9. The molecule has 0 saturated carbocycles. The molecule has 2 rings (SSSR count). The number of carbonyl (C=O) groups is 2. The quantitative estimate of drug-likeness (QED) is 0.932. The van der Waals surface area contributed by atoms with E-state index >= 15 is 0 Å². The van der Waals surface area contributed by atoms with E-state index in [2.05, 4.69) is 5.32 Å². The third-order valence-electron chi connectivity index (χ3n) is 3.74. The molecular formula is C14H16ClFN2O2. The van der Waals surface area contributed by atoms with Gasteiger partial charge in [-0.05, 0) is 31.0 Å². The molecule has 1 N–H and O–H groups in total. The van der Waals surface area contributed by atoms with Gasteiger partial charge < -0.3 is 5.32 Å². The molecule has 0 aromatic heterocycles. The lowest BCUT2D eigenvalue weighted by Crippen LogP contribution is -2.66. The van der Waals surface area contributed by atoms with Crippen molar-refractivity contribution in [2.75, 3.05) is 11.4 Å². The number of carbonyl (C=O) groups excluding carboxylic acids is 2. The highest BCUT2D eigenvalue weighted by atomic mass is 35.5. The van der Waals surface area contributed by atoms with E-state index in [1.54, 1.807) is 0 Å². The van der Waals surface area contributed by atoms with Gasteiger partial charge >= 0.3 is 0 Å². The second-order valence-corrected chi connectivity index (χ2v) is 5.26. The SMILES string of the molecule is CCC1(CC)NC(=O)CN(c2ccc(Cl)cc2F)C1=O. The molecule has 0 atom stereocenters. The fourth-order valence-corrected chi connectivity index (χ4v) is 2.62. The van der Waals surface area contributed by atoms with Gasteiger partial charge in [0, 0.05) is 5.02 Å². The van der Waals surface area contributed by atoms with Crippen molar-refractivity contribution in [3.8, 4) is 0 Å². The summed E-state index contributed by atoms with van der Waals surface area (Å²) in [6.07, 6.45) is 0.916. The number of halogens is 2. The molecule has 6 heteroatoms. The van der Waals surface area contributed by atoms with Gasteiger partial charge in [0.2, 0.25) is 5.91 Å². The fraction of sp³-hybridized carbons (Fsp3) is 0.429. The third-order valence-corrected chi connectivity index (χ3v) is 3.98. The average Bonchev–Trinajstić information content (AvgIpc) is 2.41. The summed E-state index contributed by atoms with van der Waals surface area (Å²) in [5.41, 5.74) is -0.873. The van der Waals surface area contributed by atoms with E-state index in [0.29, 0.717) is 12.8 Å². The van der Waals surface area contributed by atoms with Crippen molar-refractivity contribution < 1.29 is 14.0 Å². The van der Waals surface area contributed by atoms with Crippen molar-refractivity contribution in [3.63, 3.8) is 0 Å². The lowest BCUT2D eigenvalue weighted by atomic mass is 9.88. The van der Waals surface area contributed by atoms with Crippen molar-refractivity contribution in [3.05, 3.63) is 29.0 Å². The van der Waals surface area contributed by atoms with Crippen LogP contribution < -0.4 is 10.2 Å². The molecule has 0 unspecified atom stereocenters. The molecule has 4 nitrogen and oxygen atoms in total. The number of anilines is 1. The monoisotopic (exact) mass is 298 g/mol. The first-order chi connectivity index (χ1) is 9.43. The maximum Gasteiger partial charge on any atom is 0.253 e. The molecule has 1 aliphatic rings. The Labute approximate surface area is 121 Å². The normalized spacial score (nSPS) is 18.1. The largest absolute Gasteiger partial charge is 0.340 e. The van der Waals surface area contributed by atoms with Crippen LogP contribution in [0.5, 0.6) is 0 Å². The zero-order valence-electron chi connectivity index (χ0n) is 11.4.